The van der Waals surface area contributed by atoms with Crippen molar-refractivity contribution in [2.45, 2.75) is 57.7 Å². The summed E-state index contributed by atoms with van der Waals surface area (Å²) in [5, 5.41) is 5.93. The van der Waals surface area contributed by atoms with Crippen molar-refractivity contribution < 1.29 is 14.4 Å². The average Bonchev–Trinajstić information content (AvgIpc) is 3.10. The fraction of sp³-hybridized carbons (Fsp3) is 0.625. The molecule has 4 aliphatic heterocycles. The Kier molecular flexibility index (Phi) is 5.80. The first-order valence-electron chi connectivity index (χ1n) is 11.8. The van der Waals surface area contributed by atoms with Crippen molar-refractivity contribution in [3.8, 4) is 0 Å². The molecule has 7 nitrogen and oxygen atoms in total. The topological polar surface area (TPSA) is 81.8 Å². The number of likely N-dealkylation sites (tertiary alicyclic amines) is 1. The summed E-state index contributed by atoms with van der Waals surface area (Å²) in [4.78, 5) is 40.9. The highest BCUT2D eigenvalue weighted by Gasteiger charge is 2.39. The van der Waals surface area contributed by atoms with Crippen molar-refractivity contribution in [2.24, 2.45) is 11.8 Å². The zero-order valence-electron chi connectivity index (χ0n) is 18.1. The summed E-state index contributed by atoms with van der Waals surface area (Å²) in [7, 11) is 0. The minimum absolute atomic E-state index is 0.0869. The molecule has 0 aromatic heterocycles. The zero-order valence-corrected chi connectivity index (χ0v) is 18.1. The van der Waals surface area contributed by atoms with Gasteiger partial charge in [-0.15, -0.1) is 0 Å². The number of piperidine rings is 3. The fourth-order valence-electron chi connectivity index (χ4n) is 5.86. The van der Waals surface area contributed by atoms with Gasteiger partial charge in [-0.05, 0) is 80.8 Å². The van der Waals surface area contributed by atoms with Crippen LogP contribution in [-0.4, -0.2) is 59.7 Å². The summed E-state index contributed by atoms with van der Waals surface area (Å²) < 4.78 is 0. The Labute approximate surface area is 183 Å². The van der Waals surface area contributed by atoms with Crippen molar-refractivity contribution in [1.82, 2.24) is 20.4 Å². The third kappa shape index (κ3) is 4.26. The van der Waals surface area contributed by atoms with Crippen LogP contribution in [0.15, 0.2) is 18.2 Å². The molecule has 3 saturated heterocycles. The van der Waals surface area contributed by atoms with Crippen molar-refractivity contribution in [2.75, 3.05) is 26.2 Å². The Morgan fingerprint density at radius 2 is 1.90 bits per heavy atom. The summed E-state index contributed by atoms with van der Waals surface area (Å²) in [5.74, 6) is 0.864. The van der Waals surface area contributed by atoms with E-state index >= 15 is 0 Å². The van der Waals surface area contributed by atoms with E-state index in [0.717, 1.165) is 50.1 Å². The molecule has 3 amide bonds. The molecule has 31 heavy (non-hydrogen) atoms. The largest absolute Gasteiger partial charge is 0.322 e. The maximum Gasteiger partial charge on any atom is 0.255 e. The van der Waals surface area contributed by atoms with Gasteiger partial charge in [-0.2, -0.15) is 0 Å². The molecule has 4 aliphatic rings. The highest BCUT2D eigenvalue weighted by atomic mass is 16.2. The molecule has 7 heteroatoms. The molecule has 0 bridgehead atoms. The number of rotatable bonds is 4. The summed E-state index contributed by atoms with van der Waals surface area (Å²) in [6.45, 7) is 5.88. The van der Waals surface area contributed by atoms with E-state index in [1.165, 1.54) is 31.2 Å². The van der Waals surface area contributed by atoms with E-state index < -0.39 is 6.04 Å². The lowest BCUT2D eigenvalue weighted by Gasteiger charge is -2.38. The molecule has 166 valence electrons. The molecule has 3 atom stereocenters. The molecular formula is C24H32N4O3. The van der Waals surface area contributed by atoms with Crippen molar-refractivity contribution in [3.63, 3.8) is 0 Å². The van der Waals surface area contributed by atoms with Crippen LogP contribution in [0.4, 0.5) is 0 Å². The van der Waals surface area contributed by atoms with Gasteiger partial charge in [-0.1, -0.05) is 12.1 Å². The lowest BCUT2D eigenvalue weighted by Crippen LogP contribution is -2.52. The monoisotopic (exact) mass is 424 g/mol. The van der Waals surface area contributed by atoms with E-state index in [2.05, 4.69) is 21.6 Å². The quantitative estimate of drug-likeness (QED) is 0.719. The fourth-order valence-corrected chi connectivity index (χ4v) is 5.86. The average molecular weight is 425 g/mol. The van der Waals surface area contributed by atoms with E-state index in [9.17, 15) is 14.4 Å². The van der Waals surface area contributed by atoms with Crippen molar-refractivity contribution >= 4 is 17.7 Å². The Balaban J connectivity index is 1.24. The Morgan fingerprint density at radius 1 is 1.03 bits per heavy atom. The third-order valence-electron chi connectivity index (χ3n) is 7.54. The summed E-state index contributed by atoms with van der Waals surface area (Å²) in [6, 6.07) is 5.65. The molecule has 1 aromatic rings. The maximum atomic E-state index is 13.1. The number of imide groups is 1. The highest BCUT2D eigenvalue weighted by molar-refractivity contribution is 6.05. The van der Waals surface area contributed by atoms with Gasteiger partial charge in [0.1, 0.15) is 6.04 Å². The van der Waals surface area contributed by atoms with Crippen LogP contribution in [0.5, 0.6) is 0 Å². The first kappa shape index (κ1) is 20.6. The second kappa shape index (κ2) is 8.71. The summed E-state index contributed by atoms with van der Waals surface area (Å²) in [6.07, 6.45) is 5.89. The standard InChI is InChI=1S/C24H32N4O3/c29-22-8-7-21(23(30)26-22)28-15-19-6-5-16(11-20(19)24(28)31)13-27-10-2-4-18(14-27)17-3-1-9-25-12-17/h5-6,11,17-18,21,25H,1-4,7-10,12-15H2,(H,26,29,30). The highest BCUT2D eigenvalue weighted by Crippen LogP contribution is 2.31. The van der Waals surface area contributed by atoms with Crippen molar-refractivity contribution in [3.05, 3.63) is 34.9 Å². The Morgan fingerprint density at radius 3 is 2.71 bits per heavy atom. The number of benzene rings is 1. The zero-order chi connectivity index (χ0) is 21.4. The number of amides is 3. The van der Waals surface area contributed by atoms with Gasteiger partial charge in [-0.3, -0.25) is 24.6 Å². The van der Waals surface area contributed by atoms with Gasteiger partial charge in [0.25, 0.3) is 5.91 Å². The molecule has 0 spiro atoms. The minimum atomic E-state index is -0.548. The second-order valence-electron chi connectivity index (χ2n) is 9.64. The predicted octanol–water partition coefficient (Wildman–Crippen LogP) is 1.66. The minimum Gasteiger partial charge on any atom is -0.322 e. The molecule has 0 saturated carbocycles. The molecule has 0 radical (unpaired) electrons. The molecule has 0 aliphatic carbocycles. The lowest BCUT2D eigenvalue weighted by atomic mass is 9.81. The number of hydrogen-bond donors (Lipinski definition) is 2. The van der Waals surface area contributed by atoms with Crippen LogP contribution in [0.3, 0.4) is 0 Å². The molecule has 3 unspecified atom stereocenters. The number of nitrogens with zero attached hydrogens (tertiary/aromatic N) is 2. The van der Waals surface area contributed by atoms with Gasteiger partial charge in [0.15, 0.2) is 0 Å². The van der Waals surface area contributed by atoms with Crippen LogP contribution in [0.2, 0.25) is 0 Å². The van der Waals surface area contributed by atoms with E-state index in [-0.39, 0.29) is 24.1 Å². The summed E-state index contributed by atoms with van der Waals surface area (Å²) >= 11 is 0. The smallest absolute Gasteiger partial charge is 0.255 e. The van der Waals surface area contributed by atoms with Gasteiger partial charge in [0, 0.05) is 31.6 Å². The molecule has 2 N–H and O–H groups in total. The van der Waals surface area contributed by atoms with E-state index in [1.54, 1.807) is 4.90 Å². The maximum absolute atomic E-state index is 13.1. The SMILES string of the molecule is O=C1CCC(N2Cc3ccc(CN4CCCC(C5CCCNC5)C4)cc3C2=O)C(=O)N1. The van der Waals surface area contributed by atoms with E-state index in [1.807, 2.05) is 12.1 Å². The molecule has 4 heterocycles. The number of carbonyl (C=O) groups excluding carboxylic acids is 3. The van der Waals surface area contributed by atoms with Gasteiger partial charge in [0.05, 0.1) is 0 Å². The van der Waals surface area contributed by atoms with E-state index in [4.69, 9.17) is 0 Å². The molecular weight excluding hydrogens is 392 g/mol. The van der Waals surface area contributed by atoms with Crippen molar-refractivity contribution in [1.29, 1.82) is 0 Å². The van der Waals surface area contributed by atoms with Crippen LogP contribution in [-0.2, 0) is 22.7 Å². The van der Waals surface area contributed by atoms with Gasteiger partial charge >= 0.3 is 0 Å². The third-order valence-corrected chi connectivity index (χ3v) is 7.54. The molecule has 1 aromatic carbocycles. The molecule has 5 rings (SSSR count). The lowest BCUT2D eigenvalue weighted by molar-refractivity contribution is -0.136. The van der Waals surface area contributed by atoms with Crippen LogP contribution in [0.25, 0.3) is 0 Å². The van der Waals surface area contributed by atoms with Crippen LogP contribution in [0, 0.1) is 11.8 Å². The van der Waals surface area contributed by atoms with Gasteiger partial charge in [-0.25, -0.2) is 0 Å². The normalized spacial score (nSPS) is 29.7. The second-order valence-corrected chi connectivity index (χ2v) is 9.64. The van der Waals surface area contributed by atoms with E-state index in [0.29, 0.717) is 18.5 Å². The summed E-state index contributed by atoms with van der Waals surface area (Å²) in [5.41, 5.74) is 2.86. The van der Waals surface area contributed by atoms with Gasteiger partial charge in [0.2, 0.25) is 11.8 Å². The first-order valence-corrected chi connectivity index (χ1v) is 11.8. The van der Waals surface area contributed by atoms with Crippen LogP contribution in [0.1, 0.15) is 60.0 Å². The van der Waals surface area contributed by atoms with Gasteiger partial charge < -0.3 is 10.2 Å². The number of hydrogen-bond acceptors (Lipinski definition) is 5. The number of nitrogens with one attached hydrogen (secondary N) is 2. The van der Waals surface area contributed by atoms with Crippen LogP contribution < -0.4 is 10.6 Å². The Bertz CT molecular complexity index is 880. The number of carbonyl (C=O) groups is 3. The Hall–Kier alpha value is -2.25. The predicted molar refractivity (Wildman–Crippen MR) is 116 cm³/mol. The first-order chi connectivity index (χ1) is 15.1. The molecule has 3 fully saturated rings. The van der Waals surface area contributed by atoms with Crippen LogP contribution >= 0.6 is 0 Å². The number of fused-ring (bicyclic) bond motifs is 1.